The van der Waals surface area contributed by atoms with Crippen molar-refractivity contribution in [1.29, 1.82) is 0 Å². The summed E-state index contributed by atoms with van der Waals surface area (Å²) in [5.74, 6) is -1.97. The third-order valence-electron chi connectivity index (χ3n) is 4.09. The summed E-state index contributed by atoms with van der Waals surface area (Å²) in [6, 6.07) is 3.62. The summed E-state index contributed by atoms with van der Waals surface area (Å²) in [7, 11) is 0. The zero-order valence-electron chi connectivity index (χ0n) is 11.9. The van der Waals surface area contributed by atoms with Crippen molar-refractivity contribution in [1.82, 2.24) is 24.6 Å². The molecule has 1 aliphatic rings. The lowest BCUT2D eigenvalue weighted by atomic mass is 10.1. The first kappa shape index (κ1) is 13.2. The van der Waals surface area contributed by atoms with E-state index in [1.165, 1.54) is 0 Å². The highest BCUT2D eigenvalue weighted by Crippen LogP contribution is 2.50. The zero-order chi connectivity index (χ0) is 15.3. The molecule has 22 heavy (non-hydrogen) atoms. The van der Waals surface area contributed by atoms with Gasteiger partial charge in [0.1, 0.15) is 5.82 Å². The molecule has 1 atom stereocenters. The van der Waals surface area contributed by atoms with Gasteiger partial charge in [0.2, 0.25) is 0 Å². The van der Waals surface area contributed by atoms with E-state index >= 15 is 0 Å². The Kier molecular flexibility index (Phi) is 2.72. The number of hydrogen-bond donors (Lipinski definition) is 0. The molecule has 0 spiro atoms. The number of rotatable bonds is 3. The summed E-state index contributed by atoms with van der Waals surface area (Å²) in [6.45, 7) is 1.91. The topological polar surface area (TPSA) is 56.0 Å². The van der Waals surface area contributed by atoms with E-state index in [9.17, 15) is 8.78 Å². The first-order valence-electron chi connectivity index (χ1n) is 7.05. The second-order valence-corrected chi connectivity index (χ2v) is 5.60. The fourth-order valence-corrected chi connectivity index (χ4v) is 2.66. The summed E-state index contributed by atoms with van der Waals surface area (Å²) in [6.07, 6.45) is 5.34. The molecule has 0 radical (unpaired) electrons. The number of aryl methyl sites for hydroxylation is 1. The first-order valence-corrected chi connectivity index (χ1v) is 7.05. The molecule has 1 aliphatic carbocycles. The largest absolute Gasteiger partial charge is 0.286 e. The molecule has 0 saturated heterocycles. The van der Waals surface area contributed by atoms with E-state index in [0.717, 1.165) is 11.1 Å². The standard InChI is InChI=1S/C15H13F2N5/c1-9-11(13-18-4-2-5-19-13)3-6-22-12(20-21-14(9)22)7-10-8-15(10,16)17/h2-6,10H,7-8H2,1H3. The number of aromatic nitrogens is 5. The van der Waals surface area contributed by atoms with Gasteiger partial charge < -0.3 is 0 Å². The number of halogens is 2. The van der Waals surface area contributed by atoms with Crippen LogP contribution in [0.2, 0.25) is 0 Å². The molecular weight excluding hydrogens is 288 g/mol. The molecular formula is C15H13F2N5. The molecule has 0 aliphatic heterocycles. The van der Waals surface area contributed by atoms with Crippen LogP contribution >= 0.6 is 0 Å². The highest BCUT2D eigenvalue weighted by molar-refractivity contribution is 5.67. The van der Waals surface area contributed by atoms with Crippen LogP contribution in [-0.4, -0.2) is 30.5 Å². The summed E-state index contributed by atoms with van der Waals surface area (Å²) < 4.78 is 27.9. The summed E-state index contributed by atoms with van der Waals surface area (Å²) >= 11 is 0. The van der Waals surface area contributed by atoms with Gasteiger partial charge in [-0.15, -0.1) is 10.2 Å². The molecule has 5 nitrogen and oxygen atoms in total. The number of alkyl halides is 2. The molecule has 1 fully saturated rings. The van der Waals surface area contributed by atoms with E-state index in [2.05, 4.69) is 20.2 Å². The van der Waals surface area contributed by atoms with Crippen LogP contribution in [0.4, 0.5) is 8.78 Å². The van der Waals surface area contributed by atoms with Crippen LogP contribution in [0.3, 0.4) is 0 Å². The average molecular weight is 301 g/mol. The van der Waals surface area contributed by atoms with Gasteiger partial charge in [-0.3, -0.25) is 4.40 Å². The maximum Gasteiger partial charge on any atom is 0.252 e. The Morgan fingerprint density at radius 2 is 2.00 bits per heavy atom. The van der Waals surface area contributed by atoms with Gasteiger partial charge in [0.05, 0.1) is 0 Å². The van der Waals surface area contributed by atoms with Gasteiger partial charge in [-0.25, -0.2) is 18.7 Å². The lowest BCUT2D eigenvalue weighted by Crippen LogP contribution is -2.02. The van der Waals surface area contributed by atoms with Gasteiger partial charge in [-0.2, -0.15) is 0 Å². The van der Waals surface area contributed by atoms with Crippen molar-refractivity contribution >= 4 is 5.65 Å². The van der Waals surface area contributed by atoms with Crippen LogP contribution < -0.4 is 0 Å². The maximum atomic E-state index is 13.1. The zero-order valence-corrected chi connectivity index (χ0v) is 11.9. The van der Waals surface area contributed by atoms with E-state index in [1.54, 1.807) is 29.1 Å². The van der Waals surface area contributed by atoms with Gasteiger partial charge in [0, 0.05) is 48.5 Å². The number of fused-ring (bicyclic) bond motifs is 1. The highest BCUT2D eigenvalue weighted by atomic mass is 19.3. The van der Waals surface area contributed by atoms with Crippen LogP contribution in [-0.2, 0) is 6.42 Å². The first-order chi connectivity index (χ1) is 10.6. The highest BCUT2D eigenvalue weighted by Gasteiger charge is 2.56. The van der Waals surface area contributed by atoms with Crippen LogP contribution in [0.1, 0.15) is 17.8 Å². The minimum Gasteiger partial charge on any atom is -0.286 e. The minimum absolute atomic E-state index is 0.0587. The van der Waals surface area contributed by atoms with E-state index in [4.69, 9.17) is 0 Å². The second kappa shape index (κ2) is 4.53. The van der Waals surface area contributed by atoms with Crippen molar-refractivity contribution in [2.75, 3.05) is 0 Å². The van der Waals surface area contributed by atoms with Crippen molar-refractivity contribution in [3.63, 3.8) is 0 Å². The Morgan fingerprint density at radius 3 is 2.68 bits per heavy atom. The molecule has 3 aromatic heterocycles. The Hall–Kier alpha value is -2.44. The van der Waals surface area contributed by atoms with Gasteiger partial charge in [0.15, 0.2) is 11.5 Å². The van der Waals surface area contributed by atoms with Crippen molar-refractivity contribution in [3.8, 4) is 11.4 Å². The molecule has 0 bridgehead atoms. The Morgan fingerprint density at radius 1 is 1.27 bits per heavy atom. The molecule has 112 valence electrons. The number of hydrogen-bond acceptors (Lipinski definition) is 4. The smallest absolute Gasteiger partial charge is 0.252 e. The Balaban J connectivity index is 1.75. The van der Waals surface area contributed by atoms with Crippen LogP contribution in [0.5, 0.6) is 0 Å². The lowest BCUT2D eigenvalue weighted by Gasteiger charge is -2.06. The molecule has 0 amide bonds. The molecule has 0 N–H and O–H groups in total. The Labute approximate surface area is 125 Å². The monoisotopic (exact) mass is 301 g/mol. The fraction of sp³-hybridized carbons (Fsp3) is 0.333. The van der Waals surface area contributed by atoms with Crippen molar-refractivity contribution in [3.05, 3.63) is 42.1 Å². The van der Waals surface area contributed by atoms with Gasteiger partial charge in [0.25, 0.3) is 5.92 Å². The van der Waals surface area contributed by atoms with Gasteiger partial charge in [-0.05, 0) is 19.1 Å². The minimum atomic E-state index is -2.54. The predicted molar refractivity (Wildman–Crippen MR) is 75.5 cm³/mol. The van der Waals surface area contributed by atoms with Crippen LogP contribution in [0, 0.1) is 12.8 Å². The summed E-state index contributed by atoms with van der Waals surface area (Å²) in [5, 5.41) is 8.22. The van der Waals surface area contributed by atoms with E-state index in [-0.39, 0.29) is 12.8 Å². The quantitative estimate of drug-likeness (QED) is 0.746. The second-order valence-electron chi connectivity index (χ2n) is 5.60. The summed E-state index contributed by atoms with van der Waals surface area (Å²) in [5.41, 5.74) is 2.41. The van der Waals surface area contributed by atoms with Crippen molar-refractivity contribution in [2.24, 2.45) is 5.92 Å². The summed E-state index contributed by atoms with van der Waals surface area (Å²) in [4.78, 5) is 8.47. The van der Waals surface area contributed by atoms with Crippen LogP contribution in [0.25, 0.3) is 17.0 Å². The fourth-order valence-electron chi connectivity index (χ4n) is 2.66. The molecule has 4 rings (SSSR count). The average Bonchev–Trinajstić information content (AvgIpc) is 2.92. The van der Waals surface area contributed by atoms with E-state index < -0.39 is 11.8 Å². The Bertz CT molecular complexity index is 844. The lowest BCUT2D eigenvalue weighted by molar-refractivity contribution is 0.0984. The molecule has 3 aromatic rings. The molecule has 1 unspecified atom stereocenters. The number of pyridine rings is 1. The van der Waals surface area contributed by atoms with Gasteiger partial charge >= 0.3 is 0 Å². The molecule has 1 saturated carbocycles. The predicted octanol–water partition coefficient (Wildman–Crippen LogP) is 2.69. The SMILES string of the molecule is Cc1c(-c2ncccn2)ccn2c(CC3CC3(F)F)nnc12. The molecule has 3 heterocycles. The van der Waals surface area contributed by atoms with E-state index in [0.29, 0.717) is 17.3 Å². The van der Waals surface area contributed by atoms with Crippen molar-refractivity contribution < 1.29 is 8.78 Å². The third-order valence-corrected chi connectivity index (χ3v) is 4.09. The van der Waals surface area contributed by atoms with Crippen LogP contribution in [0.15, 0.2) is 30.7 Å². The molecule has 7 heteroatoms. The maximum absolute atomic E-state index is 13.1. The third kappa shape index (κ3) is 2.04. The van der Waals surface area contributed by atoms with E-state index in [1.807, 2.05) is 13.0 Å². The number of nitrogens with zero attached hydrogens (tertiary/aromatic N) is 5. The van der Waals surface area contributed by atoms with Crippen molar-refractivity contribution in [2.45, 2.75) is 25.7 Å². The van der Waals surface area contributed by atoms with Gasteiger partial charge in [-0.1, -0.05) is 0 Å². The molecule has 0 aromatic carbocycles. The normalized spacial score (nSPS) is 19.5.